The summed E-state index contributed by atoms with van der Waals surface area (Å²) in [4.78, 5) is 0. The summed E-state index contributed by atoms with van der Waals surface area (Å²) in [6, 6.07) is 31.0. The fourth-order valence-corrected chi connectivity index (χ4v) is 6.37. The lowest BCUT2D eigenvalue weighted by Crippen LogP contribution is -2.46. The molecular weight excluding hydrogens is 292 g/mol. The molecule has 1 atom stereocenters. The fraction of sp³-hybridized carbons (Fsp3) is 0.182. The third kappa shape index (κ3) is 3.46. The zero-order valence-corrected chi connectivity index (χ0v) is 14.9. The molecule has 0 saturated carbocycles. The van der Waals surface area contributed by atoms with Crippen LogP contribution in [0.15, 0.2) is 84.9 Å². The average molecular weight is 316 g/mol. The molecule has 3 rings (SSSR count). The lowest BCUT2D eigenvalue weighted by Gasteiger charge is -2.25. The summed E-state index contributed by atoms with van der Waals surface area (Å²) in [6.07, 6.45) is 1.10. The molecule has 3 aromatic carbocycles. The van der Waals surface area contributed by atoms with Gasteiger partial charge in [0.05, 0.1) is 0 Å². The van der Waals surface area contributed by atoms with E-state index in [1.807, 2.05) is 0 Å². The molecule has 0 bridgehead atoms. The van der Waals surface area contributed by atoms with Crippen molar-refractivity contribution in [3.63, 3.8) is 0 Å². The van der Waals surface area contributed by atoms with Gasteiger partial charge >= 0.3 is 0 Å². The Balaban J connectivity index is 2.08. The van der Waals surface area contributed by atoms with Crippen molar-refractivity contribution in [1.29, 1.82) is 0 Å². The van der Waals surface area contributed by atoms with E-state index in [-0.39, 0.29) is 0 Å². The summed E-state index contributed by atoms with van der Waals surface area (Å²) in [6.45, 7) is 4.66. The van der Waals surface area contributed by atoms with Gasteiger partial charge in [-0.25, -0.2) is 0 Å². The van der Waals surface area contributed by atoms with Crippen LogP contribution in [0, 0.1) is 0 Å². The molecule has 0 amide bonds. The molecule has 0 heterocycles. The summed E-state index contributed by atoms with van der Waals surface area (Å²) in [5.74, 6) is 0. The minimum absolute atomic E-state index is 0.543. The highest BCUT2D eigenvalue weighted by molar-refractivity contribution is 6.86. The van der Waals surface area contributed by atoms with Crippen molar-refractivity contribution in [1.82, 2.24) is 0 Å². The van der Waals surface area contributed by atoms with Crippen LogP contribution in [0.3, 0.4) is 0 Å². The zero-order valence-electron chi connectivity index (χ0n) is 13.9. The highest BCUT2D eigenvalue weighted by atomic mass is 28.3. The van der Waals surface area contributed by atoms with Crippen LogP contribution in [0.25, 0.3) is 0 Å². The van der Waals surface area contributed by atoms with E-state index in [0.717, 1.165) is 6.42 Å². The van der Waals surface area contributed by atoms with Crippen LogP contribution < -0.4 is 10.4 Å². The highest BCUT2D eigenvalue weighted by Gasteiger charge is 2.26. The highest BCUT2D eigenvalue weighted by Crippen LogP contribution is 2.23. The predicted octanol–water partition coefficient (Wildman–Crippen LogP) is 4.20. The maximum Gasteiger partial charge on any atom is 0.128 e. The molecule has 1 heteroatoms. The van der Waals surface area contributed by atoms with E-state index in [2.05, 4.69) is 98.8 Å². The largest absolute Gasteiger partial charge is 0.128 e. The molecule has 1 radical (unpaired) electrons. The molecule has 0 aliphatic rings. The molecule has 0 spiro atoms. The number of benzene rings is 3. The summed E-state index contributed by atoms with van der Waals surface area (Å²) in [5.41, 5.74) is 3.53. The van der Waals surface area contributed by atoms with E-state index >= 15 is 0 Å². The average Bonchev–Trinajstić information content (AvgIpc) is 2.63. The Morgan fingerprint density at radius 3 is 1.70 bits per heavy atom. The van der Waals surface area contributed by atoms with Gasteiger partial charge in [0.2, 0.25) is 0 Å². The Morgan fingerprint density at radius 2 is 1.17 bits per heavy atom. The van der Waals surface area contributed by atoms with Crippen molar-refractivity contribution in [3.05, 3.63) is 96.1 Å². The fourth-order valence-electron chi connectivity index (χ4n) is 3.34. The quantitative estimate of drug-likeness (QED) is 0.619. The van der Waals surface area contributed by atoms with Crippen molar-refractivity contribution in [3.8, 4) is 0 Å². The van der Waals surface area contributed by atoms with Gasteiger partial charge in [0.25, 0.3) is 0 Å². The van der Waals surface area contributed by atoms with E-state index < -0.39 is 8.80 Å². The minimum Gasteiger partial charge on any atom is -0.0628 e. The van der Waals surface area contributed by atoms with Crippen LogP contribution in [0.4, 0.5) is 0 Å². The van der Waals surface area contributed by atoms with Crippen molar-refractivity contribution in [2.24, 2.45) is 0 Å². The maximum absolute atomic E-state index is 2.41. The van der Waals surface area contributed by atoms with Gasteiger partial charge in [-0.3, -0.25) is 0 Å². The van der Waals surface area contributed by atoms with Crippen molar-refractivity contribution in [2.45, 2.75) is 25.8 Å². The standard InChI is InChI=1S/C22H23Si/c1-3-19-12-10-11-17-22(19)18(2)23(20-13-6-4-7-14-20)21-15-8-5-9-16-21/h4-18H,3H2,1-2H3/t18-/m1/s1. The Morgan fingerprint density at radius 1 is 0.696 bits per heavy atom. The van der Waals surface area contributed by atoms with Crippen LogP contribution in [-0.2, 0) is 6.42 Å². The summed E-state index contributed by atoms with van der Waals surface area (Å²) >= 11 is 0. The third-order valence-corrected chi connectivity index (χ3v) is 7.59. The van der Waals surface area contributed by atoms with E-state index in [1.54, 1.807) is 0 Å². The van der Waals surface area contributed by atoms with Crippen LogP contribution in [0.2, 0.25) is 0 Å². The first-order valence-corrected chi connectivity index (χ1v) is 9.94. The van der Waals surface area contributed by atoms with Gasteiger partial charge in [0.15, 0.2) is 0 Å². The molecule has 0 aliphatic carbocycles. The van der Waals surface area contributed by atoms with Gasteiger partial charge in [-0.1, -0.05) is 109 Å². The Bertz CT molecular complexity index is 695. The zero-order chi connectivity index (χ0) is 16.1. The Hall–Kier alpha value is -2.12. The molecule has 3 aromatic rings. The van der Waals surface area contributed by atoms with Gasteiger partial charge in [-0.2, -0.15) is 0 Å². The number of hydrogen-bond acceptors (Lipinski definition) is 0. The predicted molar refractivity (Wildman–Crippen MR) is 102 cm³/mol. The number of hydrogen-bond donors (Lipinski definition) is 0. The molecule has 0 N–H and O–H groups in total. The monoisotopic (exact) mass is 315 g/mol. The normalized spacial score (nSPS) is 12.3. The first-order valence-electron chi connectivity index (χ1n) is 8.36. The van der Waals surface area contributed by atoms with Crippen LogP contribution in [-0.4, -0.2) is 8.80 Å². The SMILES string of the molecule is CCc1ccccc1[C@@H](C)[Si](c1ccccc1)c1ccccc1. The minimum atomic E-state index is -0.862. The molecular formula is C22H23Si. The second-order valence-corrected chi connectivity index (χ2v) is 8.77. The van der Waals surface area contributed by atoms with Crippen molar-refractivity contribution in [2.75, 3.05) is 0 Å². The van der Waals surface area contributed by atoms with Gasteiger partial charge < -0.3 is 0 Å². The second kappa shape index (κ2) is 7.43. The summed E-state index contributed by atoms with van der Waals surface area (Å²) in [5, 5.41) is 2.98. The number of aryl methyl sites for hydroxylation is 1. The molecule has 0 aromatic heterocycles. The van der Waals surface area contributed by atoms with Crippen LogP contribution in [0.1, 0.15) is 30.5 Å². The Labute approximate surface area is 141 Å². The first kappa shape index (κ1) is 15.8. The van der Waals surface area contributed by atoms with Gasteiger partial charge in [-0.05, 0) is 23.1 Å². The second-order valence-electron chi connectivity index (χ2n) is 5.92. The summed E-state index contributed by atoms with van der Waals surface area (Å²) < 4.78 is 0. The lowest BCUT2D eigenvalue weighted by atomic mass is 10.0. The van der Waals surface area contributed by atoms with E-state index in [0.29, 0.717) is 5.54 Å². The smallest absolute Gasteiger partial charge is 0.0628 e. The Kier molecular flexibility index (Phi) is 5.09. The van der Waals surface area contributed by atoms with E-state index in [1.165, 1.54) is 21.5 Å². The van der Waals surface area contributed by atoms with Gasteiger partial charge in [0, 0.05) is 0 Å². The van der Waals surface area contributed by atoms with Crippen molar-refractivity contribution < 1.29 is 0 Å². The van der Waals surface area contributed by atoms with E-state index in [4.69, 9.17) is 0 Å². The third-order valence-electron chi connectivity index (χ3n) is 4.51. The topological polar surface area (TPSA) is 0 Å². The molecule has 0 fully saturated rings. The summed E-state index contributed by atoms with van der Waals surface area (Å²) in [7, 11) is -0.862. The van der Waals surface area contributed by atoms with Gasteiger partial charge in [0.1, 0.15) is 8.80 Å². The van der Waals surface area contributed by atoms with Gasteiger partial charge in [-0.15, -0.1) is 0 Å². The molecule has 0 saturated heterocycles. The maximum atomic E-state index is 2.41. The number of rotatable bonds is 5. The molecule has 0 nitrogen and oxygen atoms in total. The van der Waals surface area contributed by atoms with Crippen LogP contribution >= 0.6 is 0 Å². The lowest BCUT2D eigenvalue weighted by molar-refractivity contribution is 0.993. The molecule has 0 aliphatic heterocycles. The molecule has 23 heavy (non-hydrogen) atoms. The van der Waals surface area contributed by atoms with Crippen molar-refractivity contribution >= 4 is 19.2 Å². The molecule has 115 valence electrons. The van der Waals surface area contributed by atoms with Crippen LogP contribution in [0.5, 0.6) is 0 Å². The molecule has 0 unspecified atom stereocenters. The van der Waals surface area contributed by atoms with E-state index in [9.17, 15) is 0 Å². The first-order chi connectivity index (χ1) is 11.3.